The SMILES string of the molecule is CC(C)(N)CCCNC1(C)CCCOC1. The molecule has 1 aliphatic rings. The van der Waals surface area contributed by atoms with E-state index < -0.39 is 0 Å². The second-order valence-electron chi connectivity index (χ2n) is 5.74. The molecule has 0 bridgehead atoms. The van der Waals surface area contributed by atoms with Crippen LogP contribution in [0.15, 0.2) is 0 Å². The highest BCUT2D eigenvalue weighted by molar-refractivity contribution is 4.85. The predicted octanol–water partition coefficient (Wildman–Crippen LogP) is 1.66. The Morgan fingerprint density at radius 1 is 1.47 bits per heavy atom. The third-order valence-corrected chi connectivity index (χ3v) is 2.99. The maximum Gasteiger partial charge on any atom is 0.0645 e. The van der Waals surface area contributed by atoms with E-state index in [4.69, 9.17) is 10.5 Å². The van der Waals surface area contributed by atoms with Crippen molar-refractivity contribution in [3.05, 3.63) is 0 Å². The summed E-state index contributed by atoms with van der Waals surface area (Å²) >= 11 is 0. The Balaban J connectivity index is 2.13. The van der Waals surface area contributed by atoms with Gasteiger partial charge in [-0.1, -0.05) is 0 Å². The largest absolute Gasteiger partial charge is 0.380 e. The van der Waals surface area contributed by atoms with Gasteiger partial charge in [0.25, 0.3) is 0 Å². The van der Waals surface area contributed by atoms with Gasteiger partial charge in [0.1, 0.15) is 0 Å². The number of hydrogen-bond acceptors (Lipinski definition) is 3. The van der Waals surface area contributed by atoms with Gasteiger partial charge in [0, 0.05) is 17.7 Å². The first-order valence-corrected chi connectivity index (χ1v) is 6.03. The Morgan fingerprint density at radius 3 is 2.73 bits per heavy atom. The second kappa shape index (κ2) is 5.28. The maximum absolute atomic E-state index is 5.94. The van der Waals surface area contributed by atoms with Gasteiger partial charge in [-0.15, -0.1) is 0 Å². The summed E-state index contributed by atoms with van der Waals surface area (Å²) in [5.41, 5.74) is 6.09. The minimum atomic E-state index is -0.0361. The van der Waals surface area contributed by atoms with E-state index in [0.717, 1.165) is 32.6 Å². The van der Waals surface area contributed by atoms with Crippen molar-refractivity contribution < 1.29 is 4.74 Å². The molecule has 0 radical (unpaired) electrons. The fourth-order valence-corrected chi connectivity index (χ4v) is 2.01. The van der Waals surface area contributed by atoms with Gasteiger partial charge in [0.2, 0.25) is 0 Å². The van der Waals surface area contributed by atoms with Crippen LogP contribution in [0.4, 0.5) is 0 Å². The number of ether oxygens (including phenoxy) is 1. The van der Waals surface area contributed by atoms with Crippen molar-refractivity contribution in [3.8, 4) is 0 Å². The van der Waals surface area contributed by atoms with Crippen molar-refractivity contribution in [1.29, 1.82) is 0 Å². The Hall–Kier alpha value is -0.120. The van der Waals surface area contributed by atoms with Crippen LogP contribution in [0.5, 0.6) is 0 Å². The third kappa shape index (κ3) is 5.50. The minimum absolute atomic E-state index is 0.0361. The lowest BCUT2D eigenvalue weighted by Gasteiger charge is -2.34. The zero-order valence-electron chi connectivity index (χ0n) is 10.4. The van der Waals surface area contributed by atoms with Crippen molar-refractivity contribution in [3.63, 3.8) is 0 Å². The van der Waals surface area contributed by atoms with Crippen molar-refractivity contribution in [2.75, 3.05) is 19.8 Å². The summed E-state index contributed by atoms with van der Waals surface area (Å²) in [6, 6.07) is 0. The van der Waals surface area contributed by atoms with Crippen LogP contribution >= 0.6 is 0 Å². The standard InChI is InChI=1S/C12H26N2O/c1-11(2,13)6-4-8-14-12(3)7-5-9-15-10-12/h14H,4-10,13H2,1-3H3. The first-order chi connectivity index (χ1) is 6.91. The number of rotatable bonds is 5. The fourth-order valence-electron chi connectivity index (χ4n) is 2.01. The summed E-state index contributed by atoms with van der Waals surface area (Å²) in [5, 5.41) is 3.59. The number of hydrogen-bond donors (Lipinski definition) is 2. The van der Waals surface area contributed by atoms with Gasteiger partial charge in [-0.25, -0.2) is 0 Å². The van der Waals surface area contributed by atoms with Gasteiger partial charge in [0.05, 0.1) is 6.61 Å². The summed E-state index contributed by atoms with van der Waals surface area (Å²) in [6.07, 6.45) is 4.60. The molecule has 1 unspecified atom stereocenters. The van der Waals surface area contributed by atoms with Gasteiger partial charge in [-0.3, -0.25) is 0 Å². The summed E-state index contributed by atoms with van der Waals surface area (Å²) < 4.78 is 5.50. The van der Waals surface area contributed by atoms with Crippen molar-refractivity contribution in [2.45, 2.75) is 57.5 Å². The van der Waals surface area contributed by atoms with E-state index in [1.807, 2.05) is 0 Å². The number of nitrogens with two attached hydrogens (primary N) is 1. The van der Waals surface area contributed by atoms with Gasteiger partial charge in [0.15, 0.2) is 0 Å². The molecule has 0 amide bonds. The number of nitrogens with one attached hydrogen (secondary N) is 1. The average molecular weight is 214 g/mol. The van der Waals surface area contributed by atoms with Crippen molar-refractivity contribution in [2.24, 2.45) is 5.73 Å². The van der Waals surface area contributed by atoms with Crippen LogP contribution in [0.2, 0.25) is 0 Å². The van der Waals surface area contributed by atoms with Gasteiger partial charge >= 0.3 is 0 Å². The quantitative estimate of drug-likeness (QED) is 0.684. The average Bonchev–Trinajstić information content (AvgIpc) is 2.12. The molecule has 3 nitrogen and oxygen atoms in total. The molecule has 1 aliphatic heterocycles. The molecule has 1 fully saturated rings. The van der Waals surface area contributed by atoms with Gasteiger partial charge in [-0.2, -0.15) is 0 Å². The van der Waals surface area contributed by atoms with Crippen LogP contribution in [0.3, 0.4) is 0 Å². The van der Waals surface area contributed by atoms with Crippen LogP contribution in [0, 0.1) is 0 Å². The molecule has 0 spiro atoms. The van der Waals surface area contributed by atoms with Crippen LogP contribution in [0.1, 0.15) is 46.5 Å². The van der Waals surface area contributed by atoms with E-state index >= 15 is 0 Å². The molecule has 0 saturated carbocycles. The highest BCUT2D eigenvalue weighted by Gasteiger charge is 2.26. The van der Waals surface area contributed by atoms with Gasteiger partial charge < -0.3 is 15.8 Å². The summed E-state index contributed by atoms with van der Waals surface area (Å²) in [5.74, 6) is 0. The van der Waals surface area contributed by atoms with Crippen molar-refractivity contribution in [1.82, 2.24) is 5.32 Å². The van der Waals surface area contributed by atoms with Crippen LogP contribution in [-0.4, -0.2) is 30.8 Å². The molecular weight excluding hydrogens is 188 g/mol. The lowest BCUT2D eigenvalue weighted by atomic mass is 9.94. The molecule has 1 saturated heterocycles. The lowest BCUT2D eigenvalue weighted by molar-refractivity contribution is 0.0284. The van der Waals surface area contributed by atoms with Gasteiger partial charge in [-0.05, 0) is 53.0 Å². The van der Waals surface area contributed by atoms with Crippen LogP contribution in [-0.2, 0) is 4.74 Å². The summed E-state index contributed by atoms with van der Waals surface area (Å²) in [6.45, 7) is 9.23. The van der Waals surface area contributed by atoms with E-state index in [-0.39, 0.29) is 11.1 Å². The maximum atomic E-state index is 5.94. The molecule has 0 aromatic rings. The zero-order valence-corrected chi connectivity index (χ0v) is 10.4. The van der Waals surface area contributed by atoms with Crippen molar-refractivity contribution >= 4 is 0 Å². The van der Waals surface area contributed by atoms with Crippen LogP contribution < -0.4 is 11.1 Å². The molecule has 0 aliphatic carbocycles. The molecule has 15 heavy (non-hydrogen) atoms. The molecule has 90 valence electrons. The highest BCUT2D eigenvalue weighted by Crippen LogP contribution is 2.18. The first-order valence-electron chi connectivity index (χ1n) is 6.03. The normalized spacial score (nSPS) is 28.0. The van der Waals surface area contributed by atoms with E-state index in [1.165, 1.54) is 12.8 Å². The molecule has 1 atom stereocenters. The molecular formula is C12H26N2O. The second-order valence-corrected chi connectivity index (χ2v) is 5.74. The Bertz CT molecular complexity index is 181. The third-order valence-electron chi connectivity index (χ3n) is 2.99. The monoisotopic (exact) mass is 214 g/mol. The molecule has 3 heteroatoms. The fraction of sp³-hybridized carbons (Fsp3) is 1.00. The molecule has 3 N–H and O–H groups in total. The van der Waals surface area contributed by atoms with E-state index in [0.29, 0.717) is 0 Å². The Kier molecular flexibility index (Phi) is 4.56. The zero-order chi connectivity index (χ0) is 11.4. The topological polar surface area (TPSA) is 47.3 Å². The molecule has 0 aromatic carbocycles. The predicted molar refractivity (Wildman–Crippen MR) is 64.0 cm³/mol. The lowest BCUT2D eigenvalue weighted by Crippen LogP contribution is -2.49. The minimum Gasteiger partial charge on any atom is -0.380 e. The van der Waals surface area contributed by atoms with Crippen LogP contribution in [0.25, 0.3) is 0 Å². The summed E-state index contributed by atoms with van der Waals surface area (Å²) in [7, 11) is 0. The highest BCUT2D eigenvalue weighted by atomic mass is 16.5. The van der Waals surface area contributed by atoms with E-state index in [2.05, 4.69) is 26.1 Å². The molecule has 1 heterocycles. The Labute approximate surface area is 93.8 Å². The smallest absolute Gasteiger partial charge is 0.0645 e. The molecule has 1 rings (SSSR count). The first kappa shape index (κ1) is 12.9. The van der Waals surface area contributed by atoms with E-state index in [9.17, 15) is 0 Å². The summed E-state index contributed by atoms with van der Waals surface area (Å²) in [4.78, 5) is 0. The molecule has 0 aromatic heterocycles. The van der Waals surface area contributed by atoms with E-state index in [1.54, 1.807) is 0 Å². The Morgan fingerprint density at radius 2 is 2.20 bits per heavy atom.